The van der Waals surface area contributed by atoms with Gasteiger partial charge in [0, 0.05) is 6.54 Å². The van der Waals surface area contributed by atoms with Crippen LogP contribution >= 0.6 is 0 Å². The van der Waals surface area contributed by atoms with Crippen molar-refractivity contribution in [1.29, 1.82) is 0 Å². The first-order valence-corrected chi connectivity index (χ1v) is 7.17. The standard InChI is InChI=1S/C16H23NO2/c1-3-19-16(18)15-9-4-5-10-17(15)12-14-8-6-7-13(2)11-14/h6-8,11,15H,3-5,9-10,12H2,1-2H3. The van der Waals surface area contributed by atoms with Crippen molar-refractivity contribution in [2.45, 2.75) is 45.7 Å². The summed E-state index contributed by atoms with van der Waals surface area (Å²) < 4.78 is 5.19. The molecule has 0 radical (unpaired) electrons. The highest BCUT2D eigenvalue weighted by Crippen LogP contribution is 2.21. The molecule has 0 amide bonds. The molecule has 0 N–H and O–H groups in total. The Morgan fingerprint density at radius 1 is 1.42 bits per heavy atom. The zero-order valence-electron chi connectivity index (χ0n) is 11.9. The lowest BCUT2D eigenvalue weighted by atomic mass is 10.0. The molecule has 1 fully saturated rings. The van der Waals surface area contributed by atoms with Crippen LogP contribution in [-0.4, -0.2) is 30.1 Å². The SMILES string of the molecule is CCOC(=O)C1CCCCN1Cc1cccc(C)c1. The largest absolute Gasteiger partial charge is 0.465 e. The highest BCUT2D eigenvalue weighted by molar-refractivity contribution is 5.75. The number of carbonyl (C=O) groups excluding carboxylic acids is 1. The maximum Gasteiger partial charge on any atom is 0.323 e. The lowest BCUT2D eigenvalue weighted by molar-refractivity contribution is -0.151. The molecule has 3 heteroatoms. The van der Waals surface area contributed by atoms with Crippen molar-refractivity contribution in [3.05, 3.63) is 35.4 Å². The topological polar surface area (TPSA) is 29.5 Å². The average Bonchev–Trinajstić information content (AvgIpc) is 2.39. The summed E-state index contributed by atoms with van der Waals surface area (Å²) in [5.41, 5.74) is 2.54. The highest BCUT2D eigenvalue weighted by Gasteiger charge is 2.29. The van der Waals surface area contributed by atoms with Gasteiger partial charge in [-0.2, -0.15) is 0 Å². The molecule has 1 unspecified atom stereocenters. The molecule has 1 aliphatic rings. The number of carbonyl (C=O) groups is 1. The molecule has 0 saturated carbocycles. The van der Waals surface area contributed by atoms with Gasteiger partial charge in [-0.1, -0.05) is 36.2 Å². The van der Waals surface area contributed by atoms with E-state index in [1.165, 1.54) is 17.5 Å². The fourth-order valence-corrected chi connectivity index (χ4v) is 2.73. The van der Waals surface area contributed by atoms with Crippen molar-refractivity contribution >= 4 is 5.97 Å². The number of benzene rings is 1. The van der Waals surface area contributed by atoms with E-state index in [1.807, 2.05) is 6.92 Å². The monoisotopic (exact) mass is 261 g/mol. The van der Waals surface area contributed by atoms with E-state index in [0.29, 0.717) is 6.61 Å². The van der Waals surface area contributed by atoms with Crippen molar-refractivity contribution in [2.75, 3.05) is 13.2 Å². The Morgan fingerprint density at radius 2 is 2.26 bits per heavy atom. The van der Waals surface area contributed by atoms with Gasteiger partial charge in [0.2, 0.25) is 0 Å². The van der Waals surface area contributed by atoms with Crippen molar-refractivity contribution in [3.8, 4) is 0 Å². The zero-order valence-corrected chi connectivity index (χ0v) is 11.9. The second-order valence-corrected chi connectivity index (χ2v) is 5.22. The minimum absolute atomic E-state index is 0.0603. The molecule has 3 nitrogen and oxygen atoms in total. The molecule has 1 saturated heterocycles. The maximum atomic E-state index is 12.0. The average molecular weight is 261 g/mol. The molecule has 0 aliphatic carbocycles. The second kappa shape index (κ2) is 6.71. The number of hydrogen-bond acceptors (Lipinski definition) is 3. The van der Waals surface area contributed by atoms with Crippen LogP contribution in [-0.2, 0) is 16.1 Å². The zero-order chi connectivity index (χ0) is 13.7. The Balaban J connectivity index is 2.05. The predicted molar refractivity (Wildman–Crippen MR) is 75.9 cm³/mol. The van der Waals surface area contributed by atoms with E-state index in [-0.39, 0.29) is 12.0 Å². The van der Waals surface area contributed by atoms with Crippen molar-refractivity contribution < 1.29 is 9.53 Å². The van der Waals surface area contributed by atoms with Crippen LogP contribution in [0.2, 0.25) is 0 Å². The third-order valence-corrected chi connectivity index (χ3v) is 3.64. The molecule has 1 aromatic carbocycles. The van der Waals surface area contributed by atoms with Gasteiger partial charge in [0.15, 0.2) is 0 Å². The summed E-state index contributed by atoms with van der Waals surface area (Å²) in [6.45, 7) is 6.25. The molecule has 0 aromatic heterocycles. The summed E-state index contributed by atoms with van der Waals surface area (Å²) in [4.78, 5) is 14.3. The van der Waals surface area contributed by atoms with E-state index < -0.39 is 0 Å². The minimum Gasteiger partial charge on any atom is -0.465 e. The Labute approximate surface area is 115 Å². The van der Waals surface area contributed by atoms with Gasteiger partial charge in [0.25, 0.3) is 0 Å². The number of hydrogen-bond donors (Lipinski definition) is 0. The lowest BCUT2D eigenvalue weighted by Crippen LogP contribution is -2.44. The lowest BCUT2D eigenvalue weighted by Gasteiger charge is -2.34. The van der Waals surface area contributed by atoms with Gasteiger partial charge in [-0.05, 0) is 38.8 Å². The van der Waals surface area contributed by atoms with Crippen LogP contribution in [0.5, 0.6) is 0 Å². The fourth-order valence-electron chi connectivity index (χ4n) is 2.73. The number of ether oxygens (including phenoxy) is 1. The van der Waals surface area contributed by atoms with Crippen molar-refractivity contribution in [2.24, 2.45) is 0 Å². The number of piperidine rings is 1. The third kappa shape index (κ3) is 3.80. The summed E-state index contributed by atoms with van der Waals surface area (Å²) in [5, 5.41) is 0. The van der Waals surface area contributed by atoms with Gasteiger partial charge in [-0.15, -0.1) is 0 Å². The summed E-state index contributed by atoms with van der Waals surface area (Å²) in [6.07, 6.45) is 3.21. The summed E-state index contributed by atoms with van der Waals surface area (Å²) in [6, 6.07) is 8.44. The van der Waals surface area contributed by atoms with Gasteiger partial charge in [0.05, 0.1) is 6.61 Å². The molecule has 0 bridgehead atoms. The van der Waals surface area contributed by atoms with Crippen LogP contribution in [0.25, 0.3) is 0 Å². The Kier molecular flexibility index (Phi) is 4.97. The van der Waals surface area contributed by atoms with Crippen LogP contribution in [0, 0.1) is 6.92 Å². The molecule has 0 spiro atoms. The van der Waals surface area contributed by atoms with Gasteiger partial charge < -0.3 is 4.74 Å². The fraction of sp³-hybridized carbons (Fsp3) is 0.562. The smallest absolute Gasteiger partial charge is 0.323 e. The summed E-state index contributed by atoms with van der Waals surface area (Å²) >= 11 is 0. The Hall–Kier alpha value is -1.35. The molecule has 104 valence electrons. The van der Waals surface area contributed by atoms with E-state index in [2.05, 4.69) is 36.1 Å². The van der Waals surface area contributed by atoms with Crippen molar-refractivity contribution in [1.82, 2.24) is 4.90 Å². The Morgan fingerprint density at radius 3 is 3.00 bits per heavy atom. The van der Waals surface area contributed by atoms with Crippen LogP contribution in [0.3, 0.4) is 0 Å². The molecule has 1 aromatic rings. The first-order chi connectivity index (χ1) is 9.20. The molecule has 1 atom stereocenters. The van der Waals surface area contributed by atoms with E-state index in [0.717, 1.165) is 25.9 Å². The number of likely N-dealkylation sites (tertiary alicyclic amines) is 1. The normalized spacial score (nSPS) is 20.2. The minimum atomic E-state index is -0.0609. The maximum absolute atomic E-state index is 12.0. The highest BCUT2D eigenvalue weighted by atomic mass is 16.5. The first-order valence-electron chi connectivity index (χ1n) is 7.17. The van der Waals surface area contributed by atoms with Crippen LogP contribution in [0.4, 0.5) is 0 Å². The van der Waals surface area contributed by atoms with Gasteiger partial charge in [-0.25, -0.2) is 0 Å². The number of rotatable bonds is 4. The van der Waals surface area contributed by atoms with E-state index >= 15 is 0 Å². The van der Waals surface area contributed by atoms with Crippen LogP contribution in [0.1, 0.15) is 37.3 Å². The quantitative estimate of drug-likeness (QED) is 0.780. The number of esters is 1. The van der Waals surface area contributed by atoms with Gasteiger partial charge in [0.1, 0.15) is 6.04 Å². The van der Waals surface area contributed by atoms with Gasteiger partial charge in [-0.3, -0.25) is 9.69 Å². The van der Waals surface area contributed by atoms with E-state index in [9.17, 15) is 4.79 Å². The number of nitrogens with zero attached hydrogens (tertiary/aromatic N) is 1. The first kappa shape index (κ1) is 14.1. The summed E-state index contributed by atoms with van der Waals surface area (Å²) in [7, 11) is 0. The predicted octanol–water partition coefficient (Wildman–Crippen LogP) is 2.91. The molecule has 2 rings (SSSR count). The molecule has 1 aliphatic heterocycles. The third-order valence-electron chi connectivity index (χ3n) is 3.64. The molecular weight excluding hydrogens is 238 g/mol. The van der Waals surface area contributed by atoms with Gasteiger partial charge >= 0.3 is 5.97 Å². The molecular formula is C16H23NO2. The molecule has 19 heavy (non-hydrogen) atoms. The van der Waals surface area contributed by atoms with E-state index in [4.69, 9.17) is 4.74 Å². The van der Waals surface area contributed by atoms with Crippen molar-refractivity contribution in [3.63, 3.8) is 0 Å². The second-order valence-electron chi connectivity index (χ2n) is 5.22. The Bertz CT molecular complexity index is 431. The summed E-state index contributed by atoms with van der Waals surface area (Å²) in [5.74, 6) is -0.0603. The van der Waals surface area contributed by atoms with E-state index in [1.54, 1.807) is 0 Å². The van der Waals surface area contributed by atoms with Crippen LogP contribution < -0.4 is 0 Å². The van der Waals surface area contributed by atoms with Crippen LogP contribution in [0.15, 0.2) is 24.3 Å². The number of aryl methyl sites for hydroxylation is 1. The molecule has 1 heterocycles.